The molecule has 1 N–H and O–H groups in total. The molecule has 0 fully saturated rings. The Bertz CT molecular complexity index is 856. The maximum atomic E-state index is 12.1. The molecular weight excluding hydrogens is 282 g/mol. The molecule has 0 saturated heterocycles. The fourth-order valence-corrected chi connectivity index (χ4v) is 2.36. The number of carbonyl (C=O) groups is 2. The number of nitrogens with one attached hydrogen (secondary N) is 1. The van der Waals surface area contributed by atoms with Crippen molar-refractivity contribution in [1.82, 2.24) is 4.98 Å². The fraction of sp³-hybridized carbons (Fsp3) is 0.0588. The lowest BCUT2D eigenvalue weighted by molar-refractivity contribution is -0.133. The first-order valence-corrected chi connectivity index (χ1v) is 6.64. The van der Waals surface area contributed by atoms with E-state index in [2.05, 4.69) is 4.98 Å². The van der Waals surface area contributed by atoms with Gasteiger partial charge in [0.05, 0.1) is 24.6 Å². The van der Waals surface area contributed by atoms with E-state index in [9.17, 15) is 9.59 Å². The van der Waals surface area contributed by atoms with Crippen LogP contribution in [0.5, 0.6) is 0 Å². The highest BCUT2D eigenvalue weighted by molar-refractivity contribution is 6.24. The van der Waals surface area contributed by atoms with E-state index in [0.29, 0.717) is 17.0 Å². The van der Waals surface area contributed by atoms with Crippen LogP contribution in [0.3, 0.4) is 0 Å². The summed E-state index contributed by atoms with van der Waals surface area (Å²) < 4.78 is 10.1. The van der Waals surface area contributed by atoms with Crippen molar-refractivity contribution in [2.75, 3.05) is 7.11 Å². The van der Waals surface area contributed by atoms with E-state index < -0.39 is 5.97 Å². The molecule has 0 unspecified atom stereocenters. The molecule has 0 aliphatic carbocycles. The fourth-order valence-electron chi connectivity index (χ4n) is 2.36. The van der Waals surface area contributed by atoms with E-state index in [1.165, 1.54) is 13.4 Å². The zero-order valence-electron chi connectivity index (χ0n) is 11.8. The van der Waals surface area contributed by atoms with E-state index in [1.54, 1.807) is 18.2 Å². The van der Waals surface area contributed by atoms with Gasteiger partial charge in [-0.15, -0.1) is 0 Å². The lowest BCUT2D eigenvalue weighted by atomic mass is 10.1. The lowest BCUT2D eigenvalue weighted by Gasteiger charge is -2.04. The maximum Gasteiger partial charge on any atom is 0.340 e. The van der Waals surface area contributed by atoms with E-state index >= 15 is 0 Å². The van der Waals surface area contributed by atoms with Crippen LogP contribution in [0.2, 0.25) is 0 Å². The number of carbonyl (C=O) groups excluding carboxylic acids is 2. The minimum absolute atomic E-state index is 0.232. The Labute approximate surface area is 126 Å². The number of aromatic amines is 1. The van der Waals surface area contributed by atoms with Crippen molar-refractivity contribution >= 4 is 34.8 Å². The highest BCUT2D eigenvalue weighted by atomic mass is 16.5. The van der Waals surface area contributed by atoms with E-state index in [-0.39, 0.29) is 5.57 Å². The number of hydrogen-bond donors (Lipinski definition) is 1. The monoisotopic (exact) mass is 295 g/mol. The van der Waals surface area contributed by atoms with Crippen LogP contribution in [-0.4, -0.2) is 24.3 Å². The largest absolute Gasteiger partial charge is 0.465 e. The van der Waals surface area contributed by atoms with Crippen LogP contribution in [-0.2, 0) is 9.53 Å². The Morgan fingerprint density at radius 3 is 2.73 bits per heavy atom. The summed E-state index contributed by atoms with van der Waals surface area (Å²) in [4.78, 5) is 26.7. The summed E-state index contributed by atoms with van der Waals surface area (Å²) in [7, 11) is 1.29. The zero-order chi connectivity index (χ0) is 15.5. The molecule has 0 radical (unpaired) electrons. The van der Waals surface area contributed by atoms with Gasteiger partial charge in [0.25, 0.3) is 0 Å². The average molecular weight is 295 g/mol. The first-order valence-electron chi connectivity index (χ1n) is 6.64. The number of esters is 1. The van der Waals surface area contributed by atoms with Crippen LogP contribution in [0.15, 0.2) is 47.1 Å². The normalized spacial score (nSPS) is 11.6. The molecule has 0 saturated carbocycles. The summed E-state index contributed by atoms with van der Waals surface area (Å²) in [6.07, 6.45) is 3.78. The van der Waals surface area contributed by atoms with Crippen LogP contribution in [0.25, 0.3) is 22.6 Å². The Balaban J connectivity index is 2.24. The van der Waals surface area contributed by atoms with E-state index in [0.717, 1.165) is 17.2 Å². The standard InChI is InChI=1S/C17H13NO4/c1-21-17(20)13(9-11-5-4-8-22-11)16-14(10-19)12-6-2-3-7-15(12)18-16/h2-10,18H,1H3/b13-9-. The third-order valence-corrected chi connectivity index (χ3v) is 3.37. The molecule has 0 spiro atoms. The Morgan fingerprint density at radius 2 is 2.05 bits per heavy atom. The molecule has 0 aliphatic heterocycles. The first kappa shape index (κ1) is 13.9. The number of aldehydes is 1. The average Bonchev–Trinajstić information content (AvgIpc) is 3.18. The zero-order valence-corrected chi connectivity index (χ0v) is 11.8. The van der Waals surface area contributed by atoms with Crippen molar-refractivity contribution in [3.63, 3.8) is 0 Å². The molecule has 22 heavy (non-hydrogen) atoms. The third kappa shape index (κ3) is 2.33. The molecule has 5 nitrogen and oxygen atoms in total. The molecule has 2 heterocycles. The van der Waals surface area contributed by atoms with Crippen LogP contribution >= 0.6 is 0 Å². The number of hydrogen-bond acceptors (Lipinski definition) is 4. The van der Waals surface area contributed by atoms with Crippen molar-refractivity contribution in [2.45, 2.75) is 0 Å². The van der Waals surface area contributed by atoms with Gasteiger partial charge in [-0.2, -0.15) is 0 Å². The highest BCUT2D eigenvalue weighted by Gasteiger charge is 2.20. The van der Waals surface area contributed by atoms with Gasteiger partial charge in [0.15, 0.2) is 6.29 Å². The van der Waals surface area contributed by atoms with Crippen LogP contribution in [0, 0.1) is 0 Å². The van der Waals surface area contributed by atoms with Gasteiger partial charge in [-0.05, 0) is 24.3 Å². The second-order valence-electron chi connectivity index (χ2n) is 4.64. The molecule has 0 aliphatic rings. The molecule has 0 amide bonds. The van der Waals surface area contributed by atoms with Crippen molar-refractivity contribution in [3.8, 4) is 0 Å². The van der Waals surface area contributed by atoms with Gasteiger partial charge in [-0.25, -0.2) is 4.79 Å². The number of furan rings is 1. The Hall–Kier alpha value is -3.08. The van der Waals surface area contributed by atoms with Crippen LogP contribution < -0.4 is 0 Å². The summed E-state index contributed by atoms with van der Waals surface area (Å²) >= 11 is 0. The highest BCUT2D eigenvalue weighted by Crippen LogP contribution is 2.28. The van der Waals surface area contributed by atoms with E-state index in [1.807, 2.05) is 24.3 Å². The van der Waals surface area contributed by atoms with Gasteiger partial charge in [0, 0.05) is 16.5 Å². The number of methoxy groups -OCH3 is 1. The van der Waals surface area contributed by atoms with Gasteiger partial charge < -0.3 is 14.1 Å². The number of H-pyrrole nitrogens is 1. The predicted octanol–water partition coefficient (Wildman–Crippen LogP) is 3.29. The topological polar surface area (TPSA) is 72.3 Å². The lowest BCUT2D eigenvalue weighted by Crippen LogP contribution is -2.06. The quantitative estimate of drug-likeness (QED) is 0.455. The van der Waals surface area contributed by atoms with Crippen molar-refractivity contribution in [2.24, 2.45) is 0 Å². The first-order chi connectivity index (χ1) is 10.7. The third-order valence-electron chi connectivity index (χ3n) is 3.37. The summed E-state index contributed by atoms with van der Waals surface area (Å²) in [6.45, 7) is 0. The molecule has 3 rings (SSSR count). The number of aromatic nitrogens is 1. The van der Waals surface area contributed by atoms with Crippen molar-refractivity contribution in [1.29, 1.82) is 0 Å². The molecular formula is C17H13NO4. The number of benzene rings is 1. The molecule has 2 aromatic heterocycles. The molecule has 0 atom stereocenters. The second-order valence-corrected chi connectivity index (χ2v) is 4.64. The maximum absolute atomic E-state index is 12.1. The molecule has 3 aromatic rings. The van der Waals surface area contributed by atoms with Gasteiger partial charge in [-0.1, -0.05) is 18.2 Å². The summed E-state index contributed by atoms with van der Waals surface area (Å²) in [6, 6.07) is 10.8. The summed E-state index contributed by atoms with van der Waals surface area (Å²) in [5.74, 6) is -0.0537. The SMILES string of the molecule is COC(=O)/C(=C\c1ccco1)c1[nH]c2ccccc2c1C=O. The number of para-hydroxylation sites is 1. The molecule has 5 heteroatoms. The van der Waals surface area contributed by atoms with Crippen molar-refractivity contribution in [3.05, 3.63) is 59.7 Å². The molecule has 1 aromatic carbocycles. The van der Waals surface area contributed by atoms with Gasteiger partial charge in [0.2, 0.25) is 0 Å². The van der Waals surface area contributed by atoms with Crippen molar-refractivity contribution < 1.29 is 18.7 Å². The minimum atomic E-state index is -0.550. The van der Waals surface area contributed by atoms with Crippen LogP contribution in [0.4, 0.5) is 0 Å². The van der Waals surface area contributed by atoms with Crippen LogP contribution in [0.1, 0.15) is 21.8 Å². The van der Waals surface area contributed by atoms with Gasteiger partial charge >= 0.3 is 5.97 Å². The predicted molar refractivity (Wildman–Crippen MR) is 82.3 cm³/mol. The number of fused-ring (bicyclic) bond motifs is 1. The Morgan fingerprint density at radius 1 is 1.23 bits per heavy atom. The molecule has 110 valence electrons. The number of rotatable bonds is 4. The smallest absolute Gasteiger partial charge is 0.340 e. The second kappa shape index (κ2) is 5.73. The Kier molecular flexibility index (Phi) is 3.62. The number of ether oxygens (including phenoxy) is 1. The summed E-state index contributed by atoms with van der Waals surface area (Å²) in [5.41, 5.74) is 1.84. The van der Waals surface area contributed by atoms with Gasteiger partial charge in [-0.3, -0.25) is 4.79 Å². The summed E-state index contributed by atoms with van der Waals surface area (Å²) in [5, 5.41) is 0.752. The van der Waals surface area contributed by atoms with E-state index in [4.69, 9.17) is 9.15 Å². The minimum Gasteiger partial charge on any atom is -0.465 e. The van der Waals surface area contributed by atoms with Gasteiger partial charge in [0.1, 0.15) is 5.76 Å². The molecule has 0 bridgehead atoms.